The summed E-state index contributed by atoms with van der Waals surface area (Å²) in [5, 5.41) is 6.62. The van der Waals surface area contributed by atoms with Crippen molar-refractivity contribution in [3.05, 3.63) is 146 Å². The van der Waals surface area contributed by atoms with Gasteiger partial charge in [0.15, 0.2) is 11.6 Å². The standard InChI is InChI=1S/C40H24N4O/c1-3-13-25(14-4-1)38-41-39(36-30-19-9-12-22-34(30)45-40(36)42-38)44-31-20-10-7-17-27(31)28-23-24-33-35(37(28)44)29-18-8-11-21-32(29)43(33)26-15-5-2-6-16-26/h1-24H. The first-order chi connectivity index (χ1) is 22.3. The Bertz CT molecular complexity index is 2750. The SMILES string of the molecule is c1ccc(-c2nc(-n3c4ccccc4c4ccc5c(c6ccccc6n5-c5ccccc5)c43)c3c(n2)oc2ccccc23)cc1. The number of para-hydroxylation sites is 4. The highest BCUT2D eigenvalue weighted by Crippen LogP contribution is 2.43. The van der Waals surface area contributed by atoms with E-state index in [4.69, 9.17) is 14.4 Å². The highest BCUT2D eigenvalue weighted by Gasteiger charge is 2.25. The molecule has 10 rings (SSSR count). The lowest BCUT2D eigenvalue weighted by Crippen LogP contribution is -2.02. The molecule has 45 heavy (non-hydrogen) atoms. The molecule has 5 nitrogen and oxygen atoms in total. The number of aromatic nitrogens is 4. The Morgan fingerprint density at radius 3 is 1.89 bits per heavy atom. The zero-order valence-corrected chi connectivity index (χ0v) is 24.1. The summed E-state index contributed by atoms with van der Waals surface area (Å²) in [5.74, 6) is 1.43. The average molecular weight is 577 g/mol. The van der Waals surface area contributed by atoms with Crippen molar-refractivity contribution in [2.75, 3.05) is 0 Å². The highest BCUT2D eigenvalue weighted by molar-refractivity contribution is 6.26. The second-order valence-corrected chi connectivity index (χ2v) is 11.4. The van der Waals surface area contributed by atoms with E-state index in [0.29, 0.717) is 11.5 Å². The monoisotopic (exact) mass is 576 g/mol. The van der Waals surface area contributed by atoms with Crippen LogP contribution in [0.4, 0.5) is 0 Å². The molecule has 0 saturated carbocycles. The zero-order chi connectivity index (χ0) is 29.5. The van der Waals surface area contributed by atoms with Crippen molar-refractivity contribution < 1.29 is 4.42 Å². The van der Waals surface area contributed by atoms with Crippen molar-refractivity contribution in [1.82, 2.24) is 19.1 Å². The van der Waals surface area contributed by atoms with Gasteiger partial charge in [0.05, 0.1) is 27.5 Å². The molecule has 4 heterocycles. The second kappa shape index (κ2) is 9.15. The van der Waals surface area contributed by atoms with Crippen LogP contribution in [-0.4, -0.2) is 19.1 Å². The molecule has 0 bridgehead atoms. The molecule has 0 saturated heterocycles. The van der Waals surface area contributed by atoms with E-state index in [1.807, 2.05) is 48.5 Å². The fourth-order valence-electron chi connectivity index (χ4n) is 7.07. The summed E-state index contributed by atoms with van der Waals surface area (Å²) in [6.07, 6.45) is 0. The van der Waals surface area contributed by atoms with E-state index in [2.05, 4.69) is 106 Å². The minimum atomic E-state index is 0.574. The number of fused-ring (bicyclic) bond motifs is 10. The van der Waals surface area contributed by atoms with E-state index in [1.54, 1.807) is 0 Å². The summed E-state index contributed by atoms with van der Waals surface area (Å²) in [7, 11) is 0. The molecule has 0 atom stereocenters. The third-order valence-electron chi connectivity index (χ3n) is 8.95. The maximum absolute atomic E-state index is 6.43. The fraction of sp³-hybridized carbons (Fsp3) is 0. The van der Waals surface area contributed by atoms with Gasteiger partial charge in [-0.15, -0.1) is 0 Å². The predicted molar refractivity (Wildman–Crippen MR) is 183 cm³/mol. The van der Waals surface area contributed by atoms with Gasteiger partial charge in [-0.1, -0.05) is 109 Å². The lowest BCUT2D eigenvalue weighted by atomic mass is 10.1. The molecule has 10 aromatic rings. The Morgan fingerprint density at radius 2 is 1.09 bits per heavy atom. The molecule has 0 aliphatic heterocycles. The maximum Gasteiger partial charge on any atom is 0.233 e. The molecule has 0 aliphatic rings. The van der Waals surface area contributed by atoms with Crippen molar-refractivity contribution in [3.8, 4) is 22.9 Å². The molecule has 6 aromatic carbocycles. The molecule has 0 radical (unpaired) electrons. The van der Waals surface area contributed by atoms with Gasteiger partial charge in [-0.2, -0.15) is 4.98 Å². The van der Waals surface area contributed by atoms with Gasteiger partial charge < -0.3 is 8.98 Å². The number of hydrogen-bond acceptors (Lipinski definition) is 3. The van der Waals surface area contributed by atoms with Gasteiger partial charge in [-0.3, -0.25) is 4.57 Å². The van der Waals surface area contributed by atoms with Crippen LogP contribution in [0.1, 0.15) is 0 Å². The Labute approximate surface area is 257 Å². The van der Waals surface area contributed by atoms with Gasteiger partial charge in [0.1, 0.15) is 5.58 Å². The van der Waals surface area contributed by atoms with Crippen LogP contribution < -0.4 is 0 Å². The van der Waals surface area contributed by atoms with Gasteiger partial charge in [-0.25, -0.2) is 4.98 Å². The minimum absolute atomic E-state index is 0.574. The van der Waals surface area contributed by atoms with Gasteiger partial charge in [0, 0.05) is 38.2 Å². The van der Waals surface area contributed by atoms with E-state index in [0.717, 1.165) is 55.5 Å². The summed E-state index contributed by atoms with van der Waals surface area (Å²) in [6.45, 7) is 0. The molecule has 5 heteroatoms. The smallest absolute Gasteiger partial charge is 0.233 e. The first-order valence-electron chi connectivity index (χ1n) is 15.1. The normalized spacial score (nSPS) is 12.0. The van der Waals surface area contributed by atoms with E-state index in [9.17, 15) is 0 Å². The van der Waals surface area contributed by atoms with Crippen molar-refractivity contribution in [1.29, 1.82) is 0 Å². The van der Waals surface area contributed by atoms with Crippen LogP contribution in [0.5, 0.6) is 0 Å². The van der Waals surface area contributed by atoms with Crippen molar-refractivity contribution in [2.24, 2.45) is 0 Å². The van der Waals surface area contributed by atoms with E-state index < -0.39 is 0 Å². The molecule has 0 amide bonds. The van der Waals surface area contributed by atoms with E-state index in [1.165, 1.54) is 21.5 Å². The van der Waals surface area contributed by atoms with Crippen LogP contribution in [0, 0.1) is 0 Å². The lowest BCUT2D eigenvalue weighted by molar-refractivity contribution is 0.653. The largest absolute Gasteiger partial charge is 0.437 e. The summed E-state index contributed by atoms with van der Waals surface area (Å²) < 4.78 is 11.1. The van der Waals surface area contributed by atoms with Crippen LogP contribution in [0.25, 0.3) is 88.6 Å². The van der Waals surface area contributed by atoms with E-state index >= 15 is 0 Å². The third kappa shape index (κ3) is 3.38. The van der Waals surface area contributed by atoms with Gasteiger partial charge in [-0.05, 0) is 36.4 Å². The molecule has 210 valence electrons. The van der Waals surface area contributed by atoms with Crippen LogP contribution >= 0.6 is 0 Å². The number of furan rings is 1. The third-order valence-corrected chi connectivity index (χ3v) is 8.95. The molecule has 0 spiro atoms. The van der Waals surface area contributed by atoms with Crippen LogP contribution in [-0.2, 0) is 0 Å². The molecule has 0 unspecified atom stereocenters. The van der Waals surface area contributed by atoms with Crippen molar-refractivity contribution in [2.45, 2.75) is 0 Å². The number of nitrogens with zero attached hydrogens (tertiary/aromatic N) is 4. The topological polar surface area (TPSA) is 48.8 Å². The Hall–Kier alpha value is -6.20. The summed E-state index contributed by atoms with van der Waals surface area (Å²) in [4.78, 5) is 10.3. The zero-order valence-electron chi connectivity index (χ0n) is 24.1. The van der Waals surface area contributed by atoms with Crippen LogP contribution in [0.2, 0.25) is 0 Å². The van der Waals surface area contributed by atoms with Gasteiger partial charge >= 0.3 is 0 Å². The Morgan fingerprint density at radius 1 is 0.444 bits per heavy atom. The first kappa shape index (κ1) is 24.3. The van der Waals surface area contributed by atoms with Crippen LogP contribution in [0.3, 0.4) is 0 Å². The quantitative estimate of drug-likeness (QED) is 0.210. The number of benzene rings is 6. The molecule has 0 N–H and O–H groups in total. The van der Waals surface area contributed by atoms with E-state index in [-0.39, 0.29) is 0 Å². The summed E-state index contributed by atoms with van der Waals surface area (Å²) in [5.41, 5.74) is 7.93. The van der Waals surface area contributed by atoms with Gasteiger partial charge in [0.25, 0.3) is 0 Å². The van der Waals surface area contributed by atoms with Crippen molar-refractivity contribution >= 4 is 65.7 Å². The Balaban J connectivity index is 1.45. The average Bonchev–Trinajstić information content (AvgIpc) is 3.76. The minimum Gasteiger partial charge on any atom is -0.437 e. The lowest BCUT2D eigenvalue weighted by Gasteiger charge is -2.12. The predicted octanol–water partition coefficient (Wildman–Crippen LogP) is 10.2. The number of hydrogen-bond donors (Lipinski definition) is 0. The van der Waals surface area contributed by atoms with Crippen LogP contribution in [0.15, 0.2) is 150 Å². The molecule has 0 fully saturated rings. The maximum atomic E-state index is 6.43. The van der Waals surface area contributed by atoms with Crippen molar-refractivity contribution in [3.63, 3.8) is 0 Å². The van der Waals surface area contributed by atoms with Gasteiger partial charge in [0.2, 0.25) is 5.71 Å². The number of rotatable bonds is 3. The Kier molecular flexibility index (Phi) is 4.93. The second-order valence-electron chi connectivity index (χ2n) is 11.4. The highest BCUT2D eigenvalue weighted by atomic mass is 16.3. The summed E-state index contributed by atoms with van der Waals surface area (Å²) >= 11 is 0. The molecular formula is C40H24N4O. The summed E-state index contributed by atoms with van der Waals surface area (Å²) in [6, 6.07) is 50.7. The molecular weight excluding hydrogens is 552 g/mol. The molecule has 4 aromatic heterocycles. The first-order valence-corrected chi connectivity index (χ1v) is 15.1. The molecule has 0 aliphatic carbocycles. The fourth-order valence-corrected chi connectivity index (χ4v) is 7.07.